The van der Waals surface area contributed by atoms with Crippen LogP contribution in [0.4, 0.5) is 10.7 Å². The van der Waals surface area contributed by atoms with Crippen molar-refractivity contribution in [3.63, 3.8) is 0 Å². The van der Waals surface area contributed by atoms with Crippen molar-refractivity contribution < 1.29 is 14.3 Å². The molecular weight excluding hydrogens is 458 g/mol. The Kier molecular flexibility index (Phi) is 8.51. The fourth-order valence-corrected chi connectivity index (χ4v) is 5.04. The minimum atomic E-state index is -0.369. The summed E-state index contributed by atoms with van der Waals surface area (Å²) in [5.41, 5.74) is 2.93. The lowest BCUT2D eigenvalue weighted by atomic mass is 10.2. The number of ether oxygens (including phenoxy) is 1. The van der Waals surface area contributed by atoms with Gasteiger partial charge in [-0.05, 0) is 63.6 Å². The molecule has 0 saturated heterocycles. The van der Waals surface area contributed by atoms with Gasteiger partial charge in [0.25, 0.3) is 0 Å². The topological polar surface area (TPSA) is 89.3 Å². The van der Waals surface area contributed by atoms with Gasteiger partial charge in [0.15, 0.2) is 11.0 Å². The number of thiophene rings is 1. The molecule has 0 radical (unpaired) electrons. The molecule has 10 heteroatoms. The van der Waals surface area contributed by atoms with E-state index in [9.17, 15) is 9.59 Å². The number of amides is 1. The molecule has 1 amide bonds. The standard InChI is InChI=1S/C23H29N5O3S2/c1-6-28(7-2)17-11-9-16(10-12-17)21-25-26-23(27(21)5)32-14-18(29)24-19-13-15(4)20(33-19)22(30)31-8-3/h9-13H,6-8,14H2,1-5H3,(H,24,29). The number of hydrogen-bond donors (Lipinski definition) is 1. The molecule has 0 fully saturated rings. The average molecular weight is 488 g/mol. The predicted molar refractivity (Wildman–Crippen MR) is 134 cm³/mol. The summed E-state index contributed by atoms with van der Waals surface area (Å²) >= 11 is 2.53. The van der Waals surface area contributed by atoms with Crippen LogP contribution in [-0.2, 0) is 16.6 Å². The van der Waals surface area contributed by atoms with E-state index in [1.165, 1.54) is 28.8 Å². The van der Waals surface area contributed by atoms with Gasteiger partial charge in [-0.1, -0.05) is 11.8 Å². The summed E-state index contributed by atoms with van der Waals surface area (Å²) in [5.74, 6) is 0.381. The lowest BCUT2D eigenvalue weighted by molar-refractivity contribution is -0.113. The number of hydrogen-bond acceptors (Lipinski definition) is 8. The third kappa shape index (κ3) is 5.94. The SMILES string of the molecule is CCOC(=O)c1sc(NC(=O)CSc2nnc(-c3ccc(N(CC)CC)cc3)n2C)cc1C. The predicted octanol–water partition coefficient (Wildman–Crippen LogP) is 4.61. The second-order valence-electron chi connectivity index (χ2n) is 7.26. The Bertz CT molecular complexity index is 1100. The van der Waals surface area contributed by atoms with Gasteiger partial charge in [-0.25, -0.2) is 4.79 Å². The van der Waals surface area contributed by atoms with Gasteiger partial charge in [0, 0.05) is 31.4 Å². The Morgan fingerprint density at radius 2 is 1.85 bits per heavy atom. The molecule has 0 atom stereocenters. The number of nitrogens with zero attached hydrogens (tertiary/aromatic N) is 4. The molecule has 2 aromatic heterocycles. The molecule has 33 heavy (non-hydrogen) atoms. The Morgan fingerprint density at radius 1 is 1.15 bits per heavy atom. The molecule has 176 valence electrons. The second kappa shape index (κ2) is 11.3. The highest BCUT2D eigenvalue weighted by molar-refractivity contribution is 7.99. The van der Waals surface area contributed by atoms with Gasteiger partial charge >= 0.3 is 5.97 Å². The van der Waals surface area contributed by atoms with Crippen molar-refractivity contribution in [3.05, 3.63) is 40.8 Å². The molecular formula is C23H29N5O3S2. The van der Waals surface area contributed by atoms with E-state index in [1.807, 2.05) is 30.7 Å². The van der Waals surface area contributed by atoms with Crippen molar-refractivity contribution in [2.24, 2.45) is 7.05 Å². The second-order valence-corrected chi connectivity index (χ2v) is 9.26. The smallest absolute Gasteiger partial charge is 0.348 e. The van der Waals surface area contributed by atoms with Crippen LogP contribution in [0.15, 0.2) is 35.5 Å². The zero-order valence-electron chi connectivity index (χ0n) is 19.5. The van der Waals surface area contributed by atoms with Crippen molar-refractivity contribution in [2.75, 3.05) is 35.7 Å². The summed E-state index contributed by atoms with van der Waals surface area (Å²) in [6.45, 7) is 10.1. The molecule has 0 aliphatic rings. The highest BCUT2D eigenvalue weighted by atomic mass is 32.2. The van der Waals surface area contributed by atoms with Crippen molar-refractivity contribution in [1.82, 2.24) is 14.8 Å². The maximum Gasteiger partial charge on any atom is 0.348 e. The summed E-state index contributed by atoms with van der Waals surface area (Å²) in [6.07, 6.45) is 0. The van der Waals surface area contributed by atoms with E-state index in [0.717, 1.165) is 30.0 Å². The fourth-order valence-electron chi connectivity index (χ4n) is 3.35. The zero-order chi connectivity index (χ0) is 24.0. The maximum absolute atomic E-state index is 12.4. The van der Waals surface area contributed by atoms with E-state index in [0.29, 0.717) is 21.6 Å². The molecule has 3 rings (SSSR count). The van der Waals surface area contributed by atoms with Gasteiger partial charge in [-0.3, -0.25) is 4.79 Å². The van der Waals surface area contributed by atoms with E-state index in [4.69, 9.17) is 4.74 Å². The molecule has 0 spiro atoms. The van der Waals surface area contributed by atoms with E-state index >= 15 is 0 Å². The monoisotopic (exact) mass is 487 g/mol. The van der Waals surface area contributed by atoms with Crippen LogP contribution in [0.5, 0.6) is 0 Å². The molecule has 0 bridgehead atoms. The first kappa shape index (κ1) is 24.8. The Labute approximate surface area is 202 Å². The van der Waals surface area contributed by atoms with Crippen molar-refractivity contribution >= 4 is 45.7 Å². The van der Waals surface area contributed by atoms with Gasteiger partial charge in [-0.15, -0.1) is 21.5 Å². The Hall–Kier alpha value is -2.85. The summed E-state index contributed by atoms with van der Waals surface area (Å²) in [7, 11) is 1.89. The maximum atomic E-state index is 12.4. The molecule has 8 nitrogen and oxygen atoms in total. The lowest BCUT2D eigenvalue weighted by Crippen LogP contribution is -2.21. The van der Waals surface area contributed by atoms with Gasteiger partial charge in [-0.2, -0.15) is 0 Å². The highest BCUT2D eigenvalue weighted by Gasteiger charge is 2.17. The highest BCUT2D eigenvalue weighted by Crippen LogP contribution is 2.28. The normalized spacial score (nSPS) is 10.8. The quantitative estimate of drug-likeness (QED) is 0.330. The lowest BCUT2D eigenvalue weighted by Gasteiger charge is -2.21. The summed E-state index contributed by atoms with van der Waals surface area (Å²) < 4.78 is 6.94. The number of benzene rings is 1. The van der Waals surface area contributed by atoms with Gasteiger partial charge in [0.2, 0.25) is 5.91 Å². The van der Waals surface area contributed by atoms with Crippen LogP contribution in [-0.4, -0.2) is 52.1 Å². The molecule has 0 unspecified atom stereocenters. The third-order valence-electron chi connectivity index (χ3n) is 5.06. The number of carbonyl (C=O) groups is 2. The van der Waals surface area contributed by atoms with Crippen LogP contribution in [0, 0.1) is 6.92 Å². The number of aromatic nitrogens is 3. The summed E-state index contributed by atoms with van der Waals surface area (Å²) in [6, 6.07) is 10.0. The Morgan fingerprint density at radius 3 is 2.48 bits per heavy atom. The molecule has 0 aliphatic heterocycles. The number of esters is 1. The van der Waals surface area contributed by atoms with Crippen LogP contribution in [0.25, 0.3) is 11.4 Å². The number of rotatable bonds is 10. The third-order valence-corrected chi connectivity index (χ3v) is 7.22. The van der Waals surface area contributed by atoms with Crippen LogP contribution in [0.1, 0.15) is 36.0 Å². The van der Waals surface area contributed by atoms with Crippen LogP contribution in [0.3, 0.4) is 0 Å². The van der Waals surface area contributed by atoms with Crippen molar-refractivity contribution in [3.8, 4) is 11.4 Å². The van der Waals surface area contributed by atoms with Crippen molar-refractivity contribution in [2.45, 2.75) is 32.9 Å². The van der Waals surface area contributed by atoms with Crippen LogP contribution in [0.2, 0.25) is 0 Å². The minimum absolute atomic E-state index is 0.176. The molecule has 2 heterocycles. The number of nitrogens with one attached hydrogen (secondary N) is 1. The number of aryl methyl sites for hydroxylation is 1. The van der Waals surface area contributed by atoms with E-state index < -0.39 is 0 Å². The van der Waals surface area contributed by atoms with E-state index in [1.54, 1.807) is 13.0 Å². The van der Waals surface area contributed by atoms with Gasteiger partial charge in [0.05, 0.1) is 17.4 Å². The molecule has 1 aromatic carbocycles. The van der Waals surface area contributed by atoms with Crippen LogP contribution >= 0.6 is 23.1 Å². The number of carbonyl (C=O) groups excluding carboxylic acids is 2. The summed E-state index contributed by atoms with van der Waals surface area (Å²) in [4.78, 5) is 27.2. The Balaban J connectivity index is 1.61. The summed E-state index contributed by atoms with van der Waals surface area (Å²) in [5, 5.41) is 12.7. The van der Waals surface area contributed by atoms with E-state index in [2.05, 4.69) is 46.4 Å². The van der Waals surface area contributed by atoms with Crippen LogP contribution < -0.4 is 10.2 Å². The first-order valence-electron chi connectivity index (χ1n) is 10.8. The van der Waals surface area contributed by atoms with Gasteiger partial charge < -0.3 is 19.5 Å². The molecule has 3 aromatic rings. The first-order valence-corrected chi connectivity index (χ1v) is 12.6. The van der Waals surface area contributed by atoms with E-state index in [-0.39, 0.29) is 17.6 Å². The first-order chi connectivity index (χ1) is 15.9. The number of anilines is 2. The largest absolute Gasteiger partial charge is 0.462 e. The number of thioether (sulfide) groups is 1. The minimum Gasteiger partial charge on any atom is -0.462 e. The molecule has 0 aliphatic carbocycles. The van der Waals surface area contributed by atoms with Crippen molar-refractivity contribution in [1.29, 1.82) is 0 Å². The zero-order valence-corrected chi connectivity index (χ0v) is 21.2. The fraction of sp³-hybridized carbons (Fsp3) is 0.391. The molecule has 0 saturated carbocycles. The molecule has 1 N–H and O–H groups in total. The van der Waals surface area contributed by atoms with Gasteiger partial charge in [0.1, 0.15) is 4.88 Å². The average Bonchev–Trinajstić information content (AvgIpc) is 3.35.